The Morgan fingerprint density at radius 2 is 2.36 bits per heavy atom. The molecule has 0 aliphatic rings. The van der Waals surface area contributed by atoms with E-state index in [-0.39, 0.29) is 0 Å². The van der Waals surface area contributed by atoms with Crippen LogP contribution < -0.4 is 5.32 Å². The van der Waals surface area contributed by atoms with E-state index < -0.39 is 0 Å². The minimum atomic E-state index is 0.933. The van der Waals surface area contributed by atoms with Gasteiger partial charge in [-0.05, 0) is 24.6 Å². The predicted octanol–water partition coefficient (Wildman–Crippen LogP) is 2.06. The third-order valence-corrected chi connectivity index (χ3v) is 2.26. The number of H-pyrrole nitrogens is 1. The molecule has 1 aromatic carbocycles. The Morgan fingerprint density at radius 3 is 3.21 bits per heavy atom. The van der Waals surface area contributed by atoms with Crippen molar-refractivity contribution >= 4 is 10.9 Å². The molecular weight excluding hydrogens is 174 g/mol. The first kappa shape index (κ1) is 9.21. The van der Waals surface area contributed by atoms with E-state index in [0.29, 0.717) is 0 Å². The summed E-state index contributed by atoms with van der Waals surface area (Å²) >= 11 is 0. The van der Waals surface area contributed by atoms with Gasteiger partial charge in [-0.1, -0.05) is 19.1 Å². The second-order valence-electron chi connectivity index (χ2n) is 3.47. The van der Waals surface area contributed by atoms with Gasteiger partial charge in [0.2, 0.25) is 0 Å². The third-order valence-electron chi connectivity index (χ3n) is 2.26. The minimum absolute atomic E-state index is 0.933. The number of hydrogen-bond acceptors (Lipinski definition) is 2. The van der Waals surface area contributed by atoms with Crippen molar-refractivity contribution in [1.29, 1.82) is 0 Å². The SMILES string of the molecule is CCCNCc1ccc2cn[nH]c2c1. The van der Waals surface area contributed by atoms with Crippen molar-refractivity contribution in [2.75, 3.05) is 6.54 Å². The molecule has 0 aliphatic heterocycles. The molecule has 0 unspecified atom stereocenters. The molecule has 3 heteroatoms. The van der Waals surface area contributed by atoms with Crippen LogP contribution >= 0.6 is 0 Å². The monoisotopic (exact) mass is 189 g/mol. The maximum absolute atomic E-state index is 3.99. The molecule has 1 aromatic heterocycles. The highest BCUT2D eigenvalue weighted by atomic mass is 15.1. The first-order valence-corrected chi connectivity index (χ1v) is 5.03. The van der Waals surface area contributed by atoms with Crippen LogP contribution in [0.2, 0.25) is 0 Å². The van der Waals surface area contributed by atoms with E-state index in [9.17, 15) is 0 Å². The lowest BCUT2D eigenvalue weighted by atomic mass is 10.1. The summed E-state index contributed by atoms with van der Waals surface area (Å²) in [7, 11) is 0. The summed E-state index contributed by atoms with van der Waals surface area (Å²) in [4.78, 5) is 0. The Hall–Kier alpha value is -1.35. The van der Waals surface area contributed by atoms with Crippen molar-refractivity contribution in [2.24, 2.45) is 0 Å². The molecule has 2 N–H and O–H groups in total. The van der Waals surface area contributed by atoms with Crippen molar-refractivity contribution in [2.45, 2.75) is 19.9 Å². The van der Waals surface area contributed by atoms with Gasteiger partial charge in [-0.15, -0.1) is 0 Å². The van der Waals surface area contributed by atoms with Gasteiger partial charge in [0.1, 0.15) is 0 Å². The summed E-state index contributed by atoms with van der Waals surface area (Å²) in [6.45, 7) is 4.18. The Bertz CT molecular complexity index is 406. The van der Waals surface area contributed by atoms with Crippen LogP contribution in [0.4, 0.5) is 0 Å². The fourth-order valence-corrected chi connectivity index (χ4v) is 1.50. The second-order valence-corrected chi connectivity index (χ2v) is 3.47. The molecule has 0 atom stereocenters. The molecule has 14 heavy (non-hydrogen) atoms. The number of fused-ring (bicyclic) bond motifs is 1. The van der Waals surface area contributed by atoms with E-state index in [2.05, 4.69) is 40.6 Å². The summed E-state index contributed by atoms with van der Waals surface area (Å²) < 4.78 is 0. The van der Waals surface area contributed by atoms with E-state index in [1.165, 1.54) is 17.4 Å². The number of nitrogens with zero attached hydrogens (tertiary/aromatic N) is 1. The van der Waals surface area contributed by atoms with Gasteiger partial charge in [0.05, 0.1) is 11.7 Å². The van der Waals surface area contributed by atoms with E-state index in [4.69, 9.17) is 0 Å². The molecule has 0 radical (unpaired) electrons. The third kappa shape index (κ3) is 1.93. The standard InChI is InChI=1S/C11H15N3/c1-2-5-12-7-9-3-4-10-8-13-14-11(10)6-9/h3-4,6,8,12H,2,5,7H2,1H3,(H,13,14). The molecule has 1 heterocycles. The number of aromatic amines is 1. The van der Waals surface area contributed by atoms with E-state index in [0.717, 1.165) is 18.6 Å². The predicted molar refractivity (Wildman–Crippen MR) is 58.1 cm³/mol. The molecule has 3 nitrogen and oxygen atoms in total. The van der Waals surface area contributed by atoms with Crippen molar-refractivity contribution in [1.82, 2.24) is 15.5 Å². The van der Waals surface area contributed by atoms with Gasteiger partial charge in [0.25, 0.3) is 0 Å². The van der Waals surface area contributed by atoms with Gasteiger partial charge >= 0.3 is 0 Å². The zero-order valence-corrected chi connectivity index (χ0v) is 8.38. The van der Waals surface area contributed by atoms with Crippen LogP contribution in [0.5, 0.6) is 0 Å². The lowest BCUT2D eigenvalue weighted by molar-refractivity contribution is 0.676. The molecule has 2 rings (SSSR count). The Balaban J connectivity index is 2.10. The second kappa shape index (κ2) is 4.24. The van der Waals surface area contributed by atoms with Crippen molar-refractivity contribution in [3.8, 4) is 0 Å². The topological polar surface area (TPSA) is 40.7 Å². The van der Waals surface area contributed by atoms with E-state index in [1.54, 1.807) is 0 Å². The Labute approximate surface area is 83.5 Å². The van der Waals surface area contributed by atoms with Crippen molar-refractivity contribution in [3.63, 3.8) is 0 Å². The Morgan fingerprint density at radius 1 is 1.43 bits per heavy atom. The molecule has 0 bridgehead atoms. The van der Waals surface area contributed by atoms with Gasteiger partial charge < -0.3 is 5.32 Å². The zero-order valence-electron chi connectivity index (χ0n) is 8.38. The van der Waals surface area contributed by atoms with Crippen LogP contribution in [0, 0.1) is 0 Å². The maximum atomic E-state index is 3.99. The molecule has 74 valence electrons. The largest absolute Gasteiger partial charge is 0.313 e. The summed E-state index contributed by atoms with van der Waals surface area (Å²) in [5.74, 6) is 0. The normalized spacial score (nSPS) is 10.9. The molecule has 0 saturated heterocycles. The minimum Gasteiger partial charge on any atom is -0.313 e. The summed E-state index contributed by atoms with van der Waals surface area (Å²) in [5.41, 5.74) is 2.41. The Kier molecular flexibility index (Phi) is 2.79. The lowest BCUT2D eigenvalue weighted by Gasteiger charge is -2.02. The fraction of sp³-hybridized carbons (Fsp3) is 0.364. The van der Waals surface area contributed by atoms with E-state index in [1.807, 2.05) is 6.20 Å². The molecular formula is C11H15N3. The average molecular weight is 189 g/mol. The summed E-state index contributed by atoms with van der Waals surface area (Å²) in [5, 5.41) is 11.5. The first-order valence-electron chi connectivity index (χ1n) is 5.03. The molecule has 0 aliphatic carbocycles. The number of nitrogens with one attached hydrogen (secondary N) is 2. The number of benzene rings is 1. The van der Waals surface area contributed by atoms with Crippen molar-refractivity contribution < 1.29 is 0 Å². The smallest absolute Gasteiger partial charge is 0.0653 e. The number of rotatable bonds is 4. The van der Waals surface area contributed by atoms with Gasteiger partial charge in [-0.3, -0.25) is 5.10 Å². The highest BCUT2D eigenvalue weighted by Gasteiger charge is 1.97. The number of aromatic nitrogens is 2. The van der Waals surface area contributed by atoms with Gasteiger partial charge in [-0.2, -0.15) is 5.10 Å². The van der Waals surface area contributed by atoms with Crippen LogP contribution in [0.1, 0.15) is 18.9 Å². The molecule has 2 aromatic rings. The lowest BCUT2D eigenvalue weighted by Crippen LogP contribution is -2.13. The van der Waals surface area contributed by atoms with Gasteiger partial charge in [0.15, 0.2) is 0 Å². The first-order chi connectivity index (χ1) is 6.90. The van der Waals surface area contributed by atoms with Crippen LogP contribution in [-0.2, 0) is 6.54 Å². The highest BCUT2D eigenvalue weighted by molar-refractivity contribution is 5.78. The van der Waals surface area contributed by atoms with Gasteiger partial charge in [0, 0.05) is 11.9 Å². The fourth-order valence-electron chi connectivity index (χ4n) is 1.50. The summed E-state index contributed by atoms with van der Waals surface area (Å²) in [6.07, 6.45) is 3.02. The average Bonchev–Trinajstić information content (AvgIpc) is 2.65. The van der Waals surface area contributed by atoms with Crippen LogP contribution in [0.3, 0.4) is 0 Å². The van der Waals surface area contributed by atoms with Crippen LogP contribution in [-0.4, -0.2) is 16.7 Å². The number of hydrogen-bond donors (Lipinski definition) is 2. The highest BCUT2D eigenvalue weighted by Crippen LogP contribution is 2.12. The molecule has 0 spiro atoms. The quantitative estimate of drug-likeness (QED) is 0.723. The zero-order chi connectivity index (χ0) is 9.80. The maximum Gasteiger partial charge on any atom is 0.0653 e. The van der Waals surface area contributed by atoms with Crippen LogP contribution in [0.25, 0.3) is 10.9 Å². The van der Waals surface area contributed by atoms with Crippen LogP contribution in [0.15, 0.2) is 24.4 Å². The van der Waals surface area contributed by atoms with E-state index >= 15 is 0 Å². The molecule has 0 saturated carbocycles. The molecule has 0 amide bonds. The van der Waals surface area contributed by atoms with Crippen molar-refractivity contribution in [3.05, 3.63) is 30.0 Å². The summed E-state index contributed by atoms with van der Waals surface area (Å²) in [6, 6.07) is 6.38. The molecule has 0 fully saturated rings. The van der Waals surface area contributed by atoms with Gasteiger partial charge in [-0.25, -0.2) is 0 Å².